The largest absolute Gasteiger partial charge is 0.479 e. The predicted molar refractivity (Wildman–Crippen MR) is 108 cm³/mol. The maximum absolute atomic E-state index is 12.9. The van der Waals surface area contributed by atoms with Crippen LogP contribution in [0.3, 0.4) is 0 Å². The van der Waals surface area contributed by atoms with Gasteiger partial charge in [-0.1, -0.05) is 48.5 Å². The highest BCUT2D eigenvalue weighted by Crippen LogP contribution is 2.44. The van der Waals surface area contributed by atoms with Crippen LogP contribution in [-0.2, 0) is 14.3 Å². The minimum atomic E-state index is -1.25. The molecule has 1 fully saturated rings. The van der Waals surface area contributed by atoms with Crippen LogP contribution in [0.4, 0.5) is 4.79 Å². The Kier molecular flexibility index (Phi) is 5.28. The van der Waals surface area contributed by atoms with Crippen molar-refractivity contribution in [2.24, 2.45) is 0 Å². The third kappa shape index (κ3) is 3.27. The molecule has 2 aromatic carbocycles. The molecule has 6 heteroatoms. The third-order valence-electron chi connectivity index (χ3n) is 6.16. The van der Waals surface area contributed by atoms with E-state index in [4.69, 9.17) is 9.47 Å². The van der Waals surface area contributed by atoms with Crippen molar-refractivity contribution in [2.45, 2.75) is 30.7 Å². The highest BCUT2D eigenvalue weighted by Gasteiger charge is 2.50. The lowest BCUT2D eigenvalue weighted by Gasteiger charge is -2.34. The molecule has 6 nitrogen and oxygen atoms in total. The standard InChI is InChI=1S/C23H25NO5/c1-28-14-12-23(21(25)26)11-6-13-24(23)22(27)29-15-20-18-9-4-2-7-16(18)17-8-3-5-10-19(17)20/h2-5,7-10,20H,6,11-15H2,1H3,(H,25,26)/t23-/m1/s1. The Hall–Kier alpha value is -2.86. The van der Waals surface area contributed by atoms with Crippen molar-refractivity contribution in [1.29, 1.82) is 0 Å². The fraction of sp³-hybridized carbons (Fsp3) is 0.391. The number of carbonyl (C=O) groups excluding carboxylic acids is 1. The molecule has 2 aliphatic rings. The molecule has 4 rings (SSSR count). The third-order valence-corrected chi connectivity index (χ3v) is 6.16. The second-order valence-electron chi connectivity index (χ2n) is 7.64. The number of carbonyl (C=O) groups is 2. The molecule has 0 saturated carbocycles. The lowest BCUT2D eigenvalue weighted by molar-refractivity contribution is -0.150. The summed E-state index contributed by atoms with van der Waals surface area (Å²) >= 11 is 0. The van der Waals surface area contributed by atoms with Gasteiger partial charge < -0.3 is 14.6 Å². The van der Waals surface area contributed by atoms with Crippen molar-refractivity contribution < 1.29 is 24.2 Å². The summed E-state index contributed by atoms with van der Waals surface area (Å²) in [5.74, 6) is -1.05. The van der Waals surface area contributed by atoms with Crippen LogP contribution < -0.4 is 0 Å². The van der Waals surface area contributed by atoms with Crippen molar-refractivity contribution in [3.8, 4) is 11.1 Å². The minimum Gasteiger partial charge on any atom is -0.479 e. The first-order valence-electron chi connectivity index (χ1n) is 9.93. The van der Waals surface area contributed by atoms with E-state index in [2.05, 4.69) is 24.3 Å². The number of carboxylic acids is 1. The SMILES string of the molecule is COCC[C@@]1(C(=O)O)CCCN1C(=O)OCC1c2ccccc2-c2ccccc21. The minimum absolute atomic E-state index is 0.0489. The van der Waals surface area contributed by atoms with Crippen molar-refractivity contribution in [3.05, 3.63) is 59.7 Å². The summed E-state index contributed by atoms with van der Waals surface area (Å²) < 4.78 is 10.8. The van der Waals surface area contributed by atoms with Gasteiger partial charge in [-0.25, -0.2) is 9.59 Å². The number of ether oxygens (including phenoxy) is 2. The first-order chi connectivity index (χ1) is 14.1. The van der Waals surface area contributed by atoms with Crippen LogP contribution in [0.15, 0.2) is 48.5 Å². The Labute approximate surface area is 170 Å². The Morgan fingerprint density at radius 1 is 1.10 bits per heavy atom. The Balaban J connectivity index is 1.53. The number of nitrogens with zero attached hydrogens (tertiary/aromatic N) is 1. The number of benzene rings is 2. The molecule has 1 atom stereocenters. The molecule has 1 aliphatic heterocycles. The summed E-state index contributed by atoms with van der Waals surface area (Å²) in [5, 5.41) is 9.84. The zero-order chi connectivity index (χ0) is 20.4. The Morgan fingerprint density at radius 2 is 1.72 bits per heavy atom. The average Bonchev–Trinajstić information content (AvgIpc) is 3.31. The van der Waals surface area contributed by atoms with Crippen LogP contribution in [0.1, 0.15) is 36.3 Å². The molecular formula is C23H25NO5. The molecule has 0 aromatic heterocycles. The number of methoxy groups -OCH3 is 1. The summed E-state index contributed by atoms with van der Waals surface area (Å²) in [6.07, 6.45) is 0.738. The van der Waals surface area contributed by atoms with Crippen molar-refractivity contribution in [3.63, 3.8) is 0 Å². The van der Waals surface area contributed by atoms with Gasteiger partial charge in [0, 0.05) is 32.6 Å². The van der Waals surface area contributed by atoms with E-state index in [0.717, 1.165) is 22.3 Å². The van der Waals surface area contributed by atoms with E-state index >= 15 is 0 Å². The van der Waals surface area contributed by atoms with Gasteiger partial charge in [0.2, 0.25) is 0 Å². The van der Waals surface area contributed by atoms with Gasteiger partial charge in [0.25, 0.3) is 0 Å². The Bertz CT molecular complexity index is 881. The lowest BCUT2D eigenvalue weighted by Crippen LogP contribution is -2.54. The molecule has 29 heavy (non-hydrogen) atoms. The van der Waals surface area contributed by atoms with Gasteiger partial charge in [-0.15, -0.1) is 0 Å². The number of likely N-dealkylation sites (tertiary alicyclic amines) is 1. The van der Waals surface area contributed by atoms with Crippen LogP contribution in [0.5, 0.6) is 0 Å². The number of carboxylic acid groups (broad SMARTS) is 1. The predicted octanol–water partition coefficient (Wildman–Crippen LogP) is 3.89. The molecule has 1 N–H and O–H groups in total. The van der Waals surface area contributed by atoms with Gasteiger partial charge in [0.15, 0.2) is 0 Å². The molecule has 0 unspecified atom stereocenters. The molecular weight excluding hydrogens is 370 g/mol. The van der Waals surface area contributed by atoms with Gasteiger partial charge in [0.05, 0.1) is 0 Å². The van der Waals surface area contributed by atoms with E-state index in [-0.39, 0.29) is 25.6 Å². The van der Waals surface area contributed by atoms with Crippen LogP contribution in [0.25, 0.3) is 11.1 Å². The van der Waals surface area contributed by atoms with E-state index < -0.39 is 17.6 Å². The summed E-state index contributed by atoms with van der Waals surface area (Å²) in [7, 11) is 1.53. The molecule has 1 aliphatic carbocycles. The van der Waals surface area contributed by atoms with Crippen molar-refractivity contribution >= 4 is 12.1 Å². The van der Waals surface area contributed by atoms with E-state index in [1.54, 1.807) is 0 Å². The second kappa shape index (κ2) is 7.87. The van der Waals surface area contributed by atoms with Gasteiger partial charge in [-0.05, 0) is 35.1 Å². The summed E-state index contributed by atoms with van der Waals surface area (Å²) in [6, 6.07) is 16.3. The zero-order valence-corrected chi connectivity index (χ0v) is 16.5. The highest BCUT2D eigenvalue weighted by molar-refractivity contribution is 5.85. The second-order valence-corrected chi connectivity index (χ2v) is 7.64. The topological polar surface area (TPSA) is 76.1 Å². The van der Waals surface area contributed by atoms with Gasteiger partial charge >= 0.3 is 12.1 Å². The number of hydrogen-bond donors (Lipinski definition) is 1. The van der Waals surface area contributed by atoms with Crippen LogP contribution in [0.2, 0.25) is 0 Å². The molecule has 2 aromatic rings. The van der Waals surface area contributed by atoms with E-state index in [1.165, 1.54) is 12.0 Å². The molecule has 1 amide bonds. The van der Waals surface area contributed by atoms with Crippen molar-refractivity contribution in [1.82, 2.24) is 4.90 Å². The molecule has 0 bridgehead atoms. The molecule has 0 radical (unpaired) electrons. The van der Waals surface area contributed by atoms with Crippen LogP contribution >= 0.6 is 0 Å². The maximum Gasteiger partial charge on any atom is 0.410 e. The van der Waals surface area contributed by atoms with Gasteiger partial charge in [0.1, 0.15) is 12.1 Å². The number of rotatable bonds is 6. The highest BCUT2D eigenvalue weighted by atomic mass is 16.6. The summed E-state index contributed by atoms with van der Waals surface area (Å²) in [5.41, 5.74) is 3.33. The normalized spacial score (nSPS) is 20.4. The number of amides is 1. The fourth-order valence-electron chi connectivity index (χ4n) is 4.68. The summed E-state index contributed by atoms with van der Waals surface area (Å²) in [4.78, 5) is 26.3. The smallest absolute Gasteiger partial charge is 0.410 e. The molecule has 1 saturated heterocycles. The number of hydrogen-bond acceptors (Lipinski definition) is 4. The monoisotopic (exact) mass is 395 g/mol. The first-order valence-corrected chi connectivity index (χ1v) is 9.93. The van der Waals surface area contributed by atoms with Crippen LogP contribution in [-0.4, -0.2) is 54.5 Å². The molecule has 0 spiro atoms. The van der Waals surface area contributed by atoms with E-state index in [9.17, 15) is 14.7 Å². The fourth-order valence-corrected chi connectivity index (χ4v) is 4.68. The lowest BCUT2D eigenvalue weighted by atomic mass is 9.92. The Morgan fingerprint density at radius 3 is 2.31 bits per heavy atom. The maximum atomic E-state index is 12.9. The van der Waals surface area contributed by atoms with Crippen LogP contribution in [0, 0.1) is 0 Å². The van der Waals surface area contributed by atoms with E-state index in [0.29, 0.717) is 19.4 Å². The zero-order valence-electron chi connectivity index (χ0n) is 16.5. The quantitative estimate of drug-likeness (QED) is 0.803. The first kappa shape index (κ1) is 19.5. The summed E-state index contributed by atoms with van der Waals surface area (Å²) in [6.45, 7) is 0.843. The molecule has 152 valence electrons. The van der Waals surface area contributed by atoms with Gasteiger partial charge in [-0.3, -0.25) is 4.90 Å². The van der Waals surface area contributed by atoms with Gasteiger partial charge in [-0.2, -0.15) is 0 Å². The van der Waals surface area contributed by atoms with Crippen molar-refractivity contribution in [2.75, 3.05) is 26.9 Å². The number of fused-ring (bicyclic) bond motifs is 3. The average molecular weight is 395 g/mol. The van der Waals surface area contributed by atoms with E-state index in [1.807, 2.05) is 24.3 Å². The number of aliphatic carboxylic acids is 1. The molecule has 1 heterocycles.